The third-order valence-electron chi connectivity index (χ3n) is 2.46. The second-order valence-corrected chi connectivity index (χ2v) is 3.68. The maximum Gasteiger partial charge on any atom is 0.328 e. The predicted octanol–water partition coefficient (Wildman–Crippen LogP) is 0.0888. The van der Waals surface area contributed by atoms with E-state index in [4.69, 9.17) is 5.73 Å². The fourth-order valence-corrected chi connectivity index (χ4v) is 1.57. The molecule has 0 bridgehead atoms. The summed E-state index contributed by atoms with van der Waals surface area (Å²) in [5.41, 5.74) is 7.35. The molecule has 16 heavy (non-hydrogen) atoms. The van der Waals surface area contributed by atoms with Crippen molar-refractivity contribution in [1.82, 2.24) is 14.1 Å². The molecule has 0 saturated carbocycles. The Balaban J connectivity index is 2.27. The maximum atomic E-state index is 11.6. The third kappa shape index (κ3) is 2.04. The lowest BCUT2D eigenvalue weighted by Crippen LogP contribution is -2.22. The molecule has 0 aliphatic heterocycles. The zero-order valence-electron chi connectivity index (χ0n) is 9.13. The minimum absolute atomic E-state index is 0.0221. The summed E-state index contributed by atoms with van der Waals surface area (Å²) in [5, 5.41) is 0. The number of rotatable bonds is 3. The SMILES string of the molecule is Cn1ccn(Cc2ccnc(CN)c2)c1=O. The van der Waals surface area contributed by atoms with E-state index < -0.39 is 0 Å². The summed E-state index contributed by atoms with van der Waals surface area (Å²) in [4.78, 5) is 15.7. The van der Waals surface area contributed by atoms with Crippen LogP contribution >= 0.6 is 0 Å². The monoisotopic (exact) mass is 218 g/mol. The van der Waals surface area contributed by atoms with Gasteiger partial charge in [0.1, 0.15) is 0 Å². The first-order valence-electron chi connectivity index (χ1n) is 5.06. The molecule has 0 aliphatic rings. The Bertz CT molecular complexity index is 541. The average Bonchev–Trinajstić information content (AvgIpc) is 2.61. The Morgan fingerprint density at radius 1 is 1.44 bits per heavy atom. The molecular formula is C11H14N4O. The quantitative estimate of drug-likeness (QED) is 0.794. The van der Waals surface area contributed by atoms with Crippen LogP contribution in [0.1, 0.15) is 11.3 Å². The molecule has 2 aromatic heterocycles. The van der Waals surface area contributed by atoms with Crippen molar-refractivity contribution in [3.8, 4) is 0 Å². The lowest BCUT2D eigenvalue weighted by atomic mass is 10.2. The number of hydrogen-bond donors (Lipinski definition) is 1. The minimum atomic E-state index is -0.0221. The Morgan fingerprint density at radius 3 is 2.88 bits per heavy atom. The van der Waals surface area contributed by atoms with E-state index in [2.05, 4.69) is 4.98 Å². The Labute approximate surface area is 93.2 Å². The second-order valence-electron chi connectivity index (χ2n) is 3.68. The molecule has 5 nitrogen and oxygen atoms in total. The second kappa shape index (κ2) is 4.32. The molecule has 0 atom stereocenters. The minimum Gasteiger partial charge on any atom is -0.325 e. The number of aryl methyl sites for hydroxylation is 1. The van der Waals surface area contributed by atoms with Crippen molar-refractivity contribution < 1.29 is 0 Å². The van der Waals surface area contributed by atoms with Crippen molar-refractivity contribution in [2.75, 3.05) is 0 Å². The maximum absolute atomic E-state index is 11.6. The Morgan fingerprint density at radius 2 is 2.25 bits per heavy atom. The van der Waals surface area contributed by atoms with E-state index in [9.17, 15) is 4.79 Å². The first kappa shape index (κ1) is 10.6. The van der Waals surface area contributed by atoms with Crippen LogP contribution < -0.4 is 11.4 Å². The fourth-order valence-electron chi connectivity index (χ4n) is 1.57. The molecular weight excluding hydrogens is 204 g/mol. The molecule has 0 spiro atoms. The van der Waals surface area contributed by atoms with Crippen LogP contribution in [0.25, 0.3) is 0 Å². The lowest BCUT2D eigenvalue weighted by Gasteiger charge is -2.03. The van der Waals surface area contributed by atoms with Gasteiger partial charge in [-0.2, -0.15) is 0 Å². The van der Waals surface area contributed by atoms with Crippen LogP contribution in [0.3, 0.4) is 0 Å². The van der Waals surface area contributed by atoms with Gasteiger partial charge >= 0.3 is 5.69 Å². The molecule has 0 saturated heterocycles. The molecule has 0 fully saturated rings. The van der Waals surface area contributed by atoms with E-state index in [0.29, 0.717) is 13.1 Å². The normalized spacial score (nSPS) is 10.6. The van der Waals surface area contributed by atoms with Gasteiger partial charge < -0.3 is 10.3 Å². The third-order valence-corrected chi connectivity index (χ3v) is 2.46. The zero-order chi connectivity index (χ0) is 11.5. The van der Waals surface area contributed by atoms with Crippen LogP contribution in [0.5, 0.6) is 0 Å². The van der Waals surface area contributed by atoms with Gasteiger partial charge in [-0.1, -0.05) is 0 Å². The van der Waals surface area contributed by atoms with E-state index in [0.717, 1.165) is 11.3 Å². The van der Waals surface area contributed by atoms with Crippen LogP contribution in [-0.4, -0.2) is 14.1 Å². The summed E-state index contributed by atoms with van der Waals surface area (Å²) in [7, 11) is 1.73. The van der Waals surface area contributed by atoms with E-state index in [1.54, 1.807) is 34.8 Å². The number of nitrogens with zero attached hydrogens (tertiary/aromatic N) is 3. The summed E-state index contributed by atoms with van der Waals surface area (Å²) in [6.07, 6.45) is 5.23. The summed E-state index contributed by atoms with van der Waals surface area (Å²) in [6.45, 7) is 0.965. The van der Waals surface area contributed by atoms with Gasteiger partial charge in [0, 0.05) is 32.2 Å². The number of nitrogens with two attached hydrogens (primary N) is 1. The topological polar surface area (TPSA) is 65.8 Å². The molecule has 2 rings (SSSR count). The van der Waals surface area contributed by atoms with Gasteiger partial charge in [-0.3, -0.25) is 9.55 Å². The van der Waals surface area contributed by atoms with Crippen molar-refractivity contribution in [2.45, 2.75) is 13.1 Å². The highest BCUT2D eigenvalue weighted by Gasteiger charge is 2.01. The van der Waals surface area contributed by atoms with Gasteiger partial charge in [-0.25, -0.2) is 4.79 Å². The zero-order valence-corrected chi connectivity index (χ0v) is 9.13. The molecule has 2 aromatic rings. The van der Waals surface area contributed by atoms with Gasteiger partial charge in [-0.05, 0) is 17.7 Å². The van der Waals surface area contributed by atoms with Gasteiger partial charge in [0.25, 0.3) is 0 Å². The van der Waals surface area contributed by atoms with Crippen molar-refractivity contribution >= 4 is 0 Å². The molecule has 0 amide bonds. The fraction of sp³-hybridized carbons (Fsp3) is 0.273. The van der Waals surface area contributed by atoms with Crippen molar-refractivity contribution in [1.29, 1.82) is 0 Å². The molecule has 2 N–H and O–H groups in total. The smallest absolute Gasteiger partial charge is 0.325 e. The van der Waals surface area contributed by atoms with Crippen LogP contribution in [0.15, 0.2) is 35.5 Å². The molecule has 5 heteroatoms. The van der Waals surface area contributed by atoms with E-state index in [1.165, 1.54) is 0 Å². The van der Waals surface area contributed by atoms with Gasteiger partial charge in [0.15, 0.2) is 0 Å². The highest BCUT2D eigenvalue weighted by Crippen LogP contribution is 2.02. The summed E-state index contributed by atoms with van der Waals surface area (Å²) in [5.74, 6) is 0. The van der Waals surface area contributed by atoms with Gasteiger partial charge in [0.05, 0.1) is 12.2 Å². The molecule has 2 heterocycles. The molecule has 0 aliphatic carbocycles. The summed E-state index contributed by atoms with van der Waals surface area (Å²) in [6, 6.07) is 3.80. The standard InChI is InChI=1S/C11H14N4O/c1-14-4-5-15(11(14)16)8-9-2-3-13-10(6-9)7-12/h2-6H,7-8,12H2,1H3. The van der Waals surface area contributed by atoms with Gasteiger partial charge in [0.2, 0.25) is 0 Å². The van der Waals surface area contributed by atoms with E-state index in [-0.39, 0.29) is 5.69 Å². The van der Waals surface area contributed by atoms with Gasteiger partial charge in [-0.15, -0.1) is 0 Å². The number of imidazole rings is 1. The Kier molecular flexibility index (Phi) is 2.87. The predicted molar refractivity (Wildman–Crippen MR) is 60.9 cm³/mol. The van der Waals surface area contributed by atoms with Crippen LogP contribution in [-0.2, 0) is 20.1 Å². The molecule has 0 unspecified atom stereocenters. The lowest BCUT2D eigenvalue weighted by molar-refractivity contribution is 0.715. The first-order chi connectivity index (χ1) is 7.70. The number of hydrogen-bond acceptors (Lipinski definition) is 3. The Hall–Kier alpha value is -1.88. The van der Waals surface area contributed by atoms with E-state index in [1.807, 2.05) is 12.1 Å². The molecule has 0 radical (unpaired) electrons. The van der Waals surface area contributed by atoms with Crippen LogP contribution in [0, 0.1) is 0 Å². The van der Waals surface area contributed by atoms with Crippen molar-refractivity contribution in [3.63, 3.8) is 0 Å². The number of aromatic nitrogens is 3. The van der Waals surface area contributed by atoms with E-state index >= 15 is 0 Å². The highest BCUT2D eigenvalue weighted by atomic mass is 16.1. The molecule has 0 aromatic carbocycles. The number of pyridine rings is 1. The average molecular weight is 218 g/mol. The van der Waals surface area contributed by atoms with Crippen molar-refractivity contribution in [2.24, 2.45) is 12.8 Å². The molecule has 84 valence electrons. The highest BCUT2D eigenvalue weighted by molar-refractivity contribution is 5.16. The van der Waals surface area contributed by atoms with Crippen LogP contribution in [0.4, 0.5) is 0 Å². The van der Waals surface area contributed by atoms with Crippen molar-refractivity contribution in [3.05, 3.63) is 52.5 Å². The van der Waals surface area contributed by atoms with Crippen LogP contribution in [0.2, 0.25) is 0 Å². The summed E-state index contributed by atoms with van der Waals surface area (Å²) < 4.78 is 3.20. The summed E-state index contributed by atoms with van der Waals surface area (Å²) >= 11 is 0. The largest absolute Gasteiger partial charge is 0.328 e. The first-order valence-corrected chi connectivity index (χ1v) is 5.06.